The normalized spacial score (nSPS) is 13.9. The van der Waals surface area contributed by atoms with Crippen molar-refractivity contribution in [2.45, 2.75) is 12.8 Å². The Hall–Kier alpha value is -1.81. The first-order chi connectivity index (χ1) is 9.66. The number of hydrogen-bond acceptors (Lipinski definition) is 2. The lowest BCUT2D eigenvalue weighted by Gasteiger charge is -2.30. The topological polar surface area (TPSA) is 46.3 Å². The smallest absolute Gasteiger partial charge is 0.259 e. The molecule has 0 unspecified atom stereocenters. The molecule has 1 amide bonds. The number of aryl methyl sites for hydroxylation is 1. The first-order valence-electron chi connectivity index (χ1n) is 6.61. The van der Waals surface area contributed by atoms with Gasteiger partial charge in [-0.25, -0.2) is 0 Å². The predicted molar refractivity (Wildman–Crippen MR) is 85.0 cm³/mol. The van der Waals surface area contributed by atoms with E-state index in [1.54, 1.807) is 0 Å². The zero-order chi connectivity index (χ0) is 14.1. The average molecular weight is 331 g/mol. The summed E-state index contributed by atoms with van der Waals surface area (Å²) in [5, 5.41) is 0. The Morgan fingerprint density at radius 2 is 2.00 bits per heavy atom. The van der Waals surface area contributed by atoms with Crippen LogP contribution in [0.4, 0.5) is 11.4 Å². The highest BCUT2D eigenvalue weighted by Crippen LogP contribution is 2.31. The summed E-state index contributed by atoms with van der Waals surface area (Å²) in [6, 6.07) is 13.3. The van der Waals surface area contributed by atoms with Crippen molar-refractivity contribution in [2.75, 3.05) is 17.2 Å². The molecule has 20 heavy (non-hydrogen) atoms. The molecule has 0 fully saturated rings. The van der Waals surface area contributed by atoms with E-state index in [2.05, 4.69) is 15.9 Å². The van der Waals surface area contributed by atoms with Gasteiger partial charge in [-0.3, -0.25) is 4.79 Å². The van der Waals surface area contributed by atoms with E-state index in [-0.39, 0.29) is 5.91 Å². The van der Waals surface area contributed by atoms with Crippen LogP contribution in [0.5, 0.6) is 0 Å². The zero-order valence-electron chi connectivity index (χ0n) is 11.0. The zero-order valence-corrected chi connectivity index (χ0v) is 12.6. The van der Waals surface area contributed by atoms with Crippen LogP contribution >= 0.6 is 15.9 Å². The van der Waals surface area contributed by atoms with Crippen LogP contribution in [0, 0.1) is 0 Å². The summed E-state index contributed by atoms with van der Waals surface area (Å²) >= 11 is 3.45. The summed E-state index contributed by atoms with van der Waals surface area (Å²) in [4.78, 5) is 14.6. The number of nitrogen functional groups attached to an aromatic ring is 1. The van der Waals surface area contributed by atoms with Gasteiger partial charge in [-0.1, -0.05) is 12.1 Å². The summed E-state index contributed by atoms with van der Waals surface area (Å²) in [7, 11) is 0. The third-order valence-corrected chi connectivity index (χ3v) is 4.26. The molecule has 0 saturated carbocycles. The van der Waals surface area contributed by atoms with Crippen LogP contribution < -0.4 is 10.6 Å². The molecule has 0 spiro atoms. The molecule has 4 heteroatoms. The maximum atomic E-state index is 12.7. The molecule has 102 valence electrons. The van der Waals surface area contributed by atoms with Crippen molar-refractivity contribution in [1.82, 2.24) is 0 Å². The predicted octanol–water partition coefficient (Wildman–Crippen LogP) is 3.62. The van der Waals surface area contributed by atoms with E-state index in [4.69, 9.17) is 5.73 Å². The highest BCUT2D eigenvalue weighted by atomic mass is 79.9. The first kappa shape index (κ1) is 13.2. The summed E-state index contributed by atoms with van der Waals surface area (Å²) in [6.07, 6.45) is 1.94. The van der Waals surface area contributed by atoms with Crippen LogP contribution in [0.15, 0.2) is 46.9 Å². The van der Waals surface area contributed by atoms with Gasteiger partial charge in [0.1, 0.15) is 0 Å². The van der Waals surface area contributed by atoms with E-state index < -0.39 is 0 Å². The van der Waals surface area contributed by atoms with Crippen LogP contribution in [-0.2, 0) is 6.42 Å². The van der Waals surface area contributed by atoms with Gasteiger partial charge in [0.15, 0.2) is 0 Å². The number of nitrogens with zero attached hydrogens (tertiary/aromatic N) is 1. The SMILES string of the molecule is Nc1ccc2c(c1)CCCN2C(=O)c1ccccc1Br. The Bertz CT molecular complexity index is 669. The van der Waals surface area contributed by atoms with Gasteiger partial charge in [-0.15, -0.1) is 0 Å². The Morgan fingerprint density at radius 3 is 2.80 bits per heavy atom. The maximum absolute atomic E-state index is 12.7. The molecular formula is C16H15BrN2O. The molecule has 2 N–H and O–H groups in total. The number of anilines is 2. The van der Waals surface area contributed by atoms with E-state index in [0.29, 0.717) is 5.56 Å². The third kappa shape index (κ3) is 2.31. The highest BCUT2D eigenvalue weighted by Gasteiger charge is 2.24. The van der Waals surface area contributed by atoms with Gasteiger partial charge in [-0.05, 0) is 64.7 Å². The van der Waals surface area contributed by atoms with Crippen molar-refractivity contribution in [3.8, 4) is 0 Å². The molecule has 3 nitrogen and oxygen atoms in total. The van der Waals surface area contributed by atoms with Crippen molar-refractivity contribution in [1.29, 1.82) is 0 Å². The molecule has 1 heterocycles. The van der Waals surface area contributed by atoms with E-state index in [0.717, 1.165) is 40.8 Å². The summed E-state index contributed by atoms with van der Waals surface area (Å²) in [5.74, 6) is 0.0307. The van der Waals surface area contributed by atoms with Crippen molar-refractivity contribution < 1.29 is 4.79 Å². The van der Waals surface area contributed by atoms with Crippen molar-refractivity contribution in [3.05, 3.63) is 58.1 Å². The molecule has 2 aromatic rings. The lowest BCUT2D eigenvalue weighted by molar-refractivity contribution is 0.0984. The highest BCUT2D eigenvalue weighted by molar-refractivity contribution is 9.10. The molecular weight excluding hydrogens is 316 g/mol. The van der Waals surface area contributed by atoms with Crippen LogP contribution in [0.25, 0.3) is 0 Å². The number of halogens is 1. The lowest BCUT2D eigenvalue weighted by atomic mass is 10.00. The number of nitrogens with two attached hydrogens (primary N) is 1. The molecule has 1 aliphatic rings. The fourth-order valence-electron chi connectivity index (χ4n) is 2.61. The van der Waals surface area contributed by atoms with Crippen LogP contribution in [0.1, 0.15) is 22.3 Å². The number of amides is 1. The summed E-state index contributed by atoms with van der Waals surface area (Å²) < 4.78 is 0.826. The van der Waals surface area contributed by atoms with E-state index >= 15 is 0 Å². The second-order valence-corrected chi connectivity index (χ2v) is 5.78. The molecule has 0 aromatic heterocycles. The van der Waals surface area contributed by atoms with Gasteiger partial charge in [-0.2, -0.15) is 0 Å². The number of benzene rings is 2. The average Bonchev–Trinajstić information content (AvgIpc) is 2.46. The van der Waals surface area contributed by atoms with Gasteiger partial charge in [0.05, 0.1) is 5.56 Å². The quantitative estimate of drug-likeness (QED) is 0.811. The van der Waals surface area contributed by atoms with Gasteiger partial charge >= 0.3 is 0 Å². The van der Waals surface area contributed by atoms with E-state index in [1.165, 1.54) is 0 Å². The largest absolute Gasteiger partial charge is 0.399 e. The van der Waals surface area contributed by atoms with Gasteiger partial charge in [0.25, 0.3) is 5.91 Å². The fourth-order valence-corrected chi connectivity index (χ4v) is 3.06. The fraction of sp³-hybridized carbons (Fsp3) is 0.188. The number of carbonyl (C=O) groups is 1. The number of carbonyl (C=O) groups excluding carboxylic acids is 1. The minimum absolute atomic E-state index is 0.0307. The lowest BCUT2D eigenvalue weighted by Crippen LogP contribution is -2.35. The van der Waals surface area contributed by atoms with Crippen molar-refractivity contribution >= 4 is 33.2 Å². The van der Waals surface area contributed by atoms with Crippen LogP contribution in [-0.4, -0.2) is 12.5 Å². The minimum atomic E-state index is 0.0307. The van der Waals surface area contributed by atoms with Crippen LogP contribution in [0.3, 0.4) is 0 Å². The van der Waals surface area contributed by atoms with Gasteiger partial charge in [0.2, 0.25) is 0 Å². The molecule has 1 aliphatic heterocycles. The number of fused-ring (bicyclic) bond motifs is 1. The summed E-state index contributed by atoms with van der Waals surface area (Å²) in [5.41, 5.74) is 9.40. The molecule has 0 atom stereocenters. The molecule has 0 radical (unpaired) electrons. The Kier molecular flexibility index (Phi) is 3.49. The molecule has 0 bridgehead atoms. The van der Waals surface area contributed by atoms with Crippen molar-refractivity contribution in [3.63, 3.8) is 0 Å². The maximum Gasteiger partial charge on any atom is 0.259 e. The van der Waals surface area contributed by atoms with Gasteiger partial charge < -0.3 is 10.6 Å². The minimum Gasteiger partial charge on any atom is -0.399 e. The summed E-state index contributed by atoms with van der Waals surface area (Å²) in [6.45, 7) is 0.747. The number of rotatable bonds is 1. The Balaban J connectivity index is 2.01. The second-order valence-electron chi connectivity index (χ2n) is 4.93. The standard InChI is InChI=1S/C16H15BrN2O/c17-14-6-2-1-5-13(14)16(20)19-9-3-4-11-10-12(18)7-8-15(11)19/h1-2,5-8,10H,3-4,9,18H2. The van der Waals surface area contributed by atoms with Crippen LogP contribution in [0.2, 0.25) is 0 Å². The third-order valence-electron chi connectivity index (χ3n) is 3.57. The molecule has 0 aliphatic carbocycles. The Labute approximate surface area is 126 Å². The molecule has 0 saturated heterocycles. The number of hydrogen-bond donors (Lipinski definition) is 1. The molecule has 3 rings (SSSR count). The van der Waals surface area contributed by atoms with Crippen molar-refractivity contribution in [2.24, 2.45) is 0 Å². The monoisotopic (exact) mass is 330 g/mol. The second kappa shape index (κ2) is 5.29. The molecule has 2 aromatic carbocycles. The Morgan fingerprint density at radius 1 is 1.20 bits per heavy atom. The first-order valence-corrected chi connectivity index (χ1v) is 7.41. The van der Waals surface area contributed by atoms with E-state index in [1.807, 2.05) is 47.4 Å². The van der Waals surface area contributed by atoms with E-state index in [9.17, 15) is 4.79 Å². The van der Waals surface area contributed by atoms with Gasteiger partial charge in [0, 0.05) is 22.4 Å².